The quantitative estimate of drug-likeness (QED) is 0.746. The van der Waals surface area contributed by atoms with Crippen molar-refractivity contribution >= 4 is 11.8 Å². The Morgan fingerprint density at radius 1 is 1.25 bits per heavy atom. The monoisotopic (exact) mass is 439 g/mol. The molecule has 1 aliphatic heterocycles. The summed E-state index contributed by atoms with van der Waals surface area (Å²) in [5.74, 6) is 0.120. The van der Waals surface area contributed by atoms with Gasteiger partial charge in [0.25, 0.3) is 0 Å². The zero-order valence-electron chi connectivity index (χ0n) is 19.3. The standard InChI is InChI=1S/C24H33N5O3/c1-24(2,3)21(23(32)28-13-18(30)12-20(28)22(31)25-4)29-14-19(26-27-29)17-10-6-9-16(11-17)15-7-5-8-15/h6,9-11,14-15,18,20-21,30H,5,7-8,12-13H2,1-4H3,(H,25,31)/t18?,20?,21-/m1/s1. The first kappa shape index (κ1) is 22.5. The molecule has 2 aliphatic rings. The number of carbonyl (C=O) groups is 2. The molecule has 1 saturated carbocycles. The maximum Gasteiger partial charge on any atom is 0.248 e. The van der Waals surface area contributed by atoms with E-state index in [0.29, 0.717) is 5.92 Å². The number of hydrogen-bond donors (Lipinski definition) is 2. The van der Waals surface area contributed by atoms with Crippen LogP contribution in [-0.4, -0.2) is 62.6 Å². The van der Waals surface area contributed by atoms with Gasteiger partial charge in [0, 0.05) is 25.6 Å². The van der Waals surface area contributed by atoms with Crippen LogP contribution in [-0.2, 0) is 9.59 Å². The van der Waals surface area contributed by atoms with Crippen molar-refractivity contribution in [3.63, 3.8) is 0 Å². The van der Waals surface area contributed by atoms with Gasteiger partial charge in [0.15, 0.2) is 0 Å². The summed E-state index contributed by atoms with van der Waals surface area (Å²) in [6, 6.07) is 7.06. The molecular weight excluding hydrogens is 406 g/mol. The van der Waals surface area contributed by atoms with Crippen molar-refractivity contribution < 1.29 is 14.7 Å². The molecule has 4 rings (SSSR count). The zero-order valence-corrected chi connectivity index (χ0v) is 19.3. The molecule has 2 heterocycles. The summed E-state index contributed by atoms with van der Waals surface area (Å²) in [6.07, 6.45) is 5.06. The first-order chi connectivity index (χ1) is 15.2. The summed E-state index contributed by atoms with van der Waals surface area (Å²) >= 11 is 0. The Morgan fingerprint density at radius 3 is 2.62 bits per heavy atom. The number of nitrogens with zero attached hydrogens (tertiary/aromatic N) is 4. The van der Waals surface area contributed by atoms with Crippen LogP contribution >= 0.6 is 0 Å². The minimum atomic E-state index is -0.720. The van der Waals surface area contributed by atoms with Gasteiger partial charge in [-0.3, -0.25) is 9.59 Å². The number of carbonyl (C=O) groups excluding carboxylic acids is 2. The van der Waals surface area contributed by atoms with Crippen molar-refractivity contribution in [1.82, 2.24) is 25.2 Å². The summed E-state index contributed by atoms with van der Waals surface area (Å²) in [5.41, 5.74) is 2.56. The minimum Gasteiger partial charge on any atom is -0.391 e. The van der Waals surface area contributed by atoms with E-state index in [-0.39, 0.29) is 24.8 Å². The first-order valence-electron chi connectivity index (χ1n) is 11.4. The third-order valence-corrected chi connectivity index (χ3v) is 6.70. The number of rotatable bonds is 5. The lowest BCUT2D eigenvalue weighted by atomic mass is 9.79. The molecule has 2 aromatic rings. The molecule has 1 aromatic carbocycles. The van der Waals surface area contributed by atoms with Gasteiger partial charge in [-0.2, -0.15) is 0 Å². The number of likely N-dealkylation sites (N-methyl/N-ethyl adjacent to an activating group) is 1. The van der Waals surface area contributed by atoms with Gasteiger partial charge in [-0.25, -0.2) is 4.68 Å². The molecule has 1 saturated heterocycles. The van der Waals surface area contributed by atoms with Gasteiger partial charge in [-0.1, -0.05) is 50.6 Å². The van der Waals surface area contributed by atoms with E-state index in [1.165, 1.54) is 29.7 Å². The number of aromatic nitrogens is 3. The van der Waals surface area contributed by atoms with Crippen LogP contribution in [0.5, 0.6) is 0 Å². The van der Waals surface area contributed by atoms with Crippen LogP contribution in [0.3, 0.4) is 0 Å². The SMILES string of the molecule is CNC(=O)C1CC(O)CN1C(=O)[C@@H](n1cc(-c2cccc(C3CCC3)c2)nn1)C(C)(C)C. The number of aliphatic hydroxyl groups is 1. The highest BCUT2D eigenvalue weighted by molar-refractivity contribution is 5.90. The maximum atomic E-state index is 13.7. The summed E-state index contributed by atoms with van der Waals surface area (Å²) < 4.78 is 1.61. The smallest absolute Gasteiger partial charge is 0.248 e. The Morgan fingerprint density at radius 2 is 2.00 bits per heavy atom. The average molecular weight is 440 g/mol. The fraction of sp³-hybridized carbons (Fsp3) is 0.583. The van der Waals surface area contributed by atoms with E-state index in [1.807, 2.05) is 39.1 Å². The Labute approximate surface area is 189 Å². The van der Waals surface area contributed by atoms with Crippen molar-refractivity contribution in [2.24, 2.45) is 5.41 Å². The number of likely N-dealkylation sites (tertiary alicyclic amines) is 1. The zero-order chi connectivity index (χ0) is 23.0. The number of aliphatic hydroxyl groups excluding tert-OH is 1. The molecule has 0 radical (unpaired) electrons. The summed E-state index contributed by atoms with van der Waals surface area (Å²) in [7, 11) is 1.54. The lowest BCUT2D eigenvalue weighted by Crippen LogP contribution is -2.49. The first-order valence-corrected chi connectivity index (χ1v) is 11.4. The van der Waals surface area contributed by atoms with Crippen molar-refractivity contribution in [3.8, 4) is 11.3 Å². The van der Waals surface area contributed by atoms with Crippen molar-refractivity contribution in [1.29, 1.82) is 0 Å². The van der Waals surface area contributed by atoms with Crippen LogP contribution in [0, 0.1) is 5.41 Å². The van der Waals surface area contributed by atoms with Crippen molar-refractivity contribution in [3.05, 3.63) is 36.0 Å². The number of benzene rings is 1. The van der Waals surface area contributed by atoms with E-state index < -0.39 is 23.6 Å². The normalized spacial score (nSPS) is 22.5. The highest BCUT2D eigenvalue weighted by Crippen LogP contribution is 2.38. The molecule has 2 fully saturated rings. The van der Waals surface area contributed by atoms with Gasteiger partial charge in [-0.15, -0.1) is 5.10 Å². The number of hydrogen-bond acceptors (Lipinski definition) is 5. The highest BCUT2D eigenvalue weighted by atomic mass is 16.3. The Kier molecular flexibility index (Phi) is 6.07. The lowest BCUT2D eigenvalue weighted by molar-refractivity contribution is -0.144. The summed E-state index contributed by atoms with van der Waals surface area (Å²) in [5, 5.41) is 21.5. The molecule has 0 spiro atoms. The number of amides is 2. The Bertz CT molecular complexity index is 992. The van der Waals surface area contributed by atoms with Crippen LogP contribution in [0.4, 0.5) is 0 Å². The Hall–Kier alpha value is -2.74. The van der Waals surface area contributed by atoms with Crippen LogP contribution in [0.2, 0.25) is 0 Å². The van der Waals surface area contributed by atoms with Crippen LogP contribution < -0.4 is 5.32 Å². The minimum absolute atomic E-state index is 0.133. The number of β-amino-alcohol motifs (C(OH)–C–C–N with tert-alkyl or cyclic N) is 1. The van der Waals surface area contributed by atoms with Crippen molar-refractivity contribution in [2.75, 3.05) is 13.6 Å². The predicted molar refractivity (Wildman–Crippen MR) is 121 cm³/mol. The summed E-state index contributed by atoms with van der Waals surface area (Å²) in [6.45, 7) is 6.04. The molecule has 3 atom stereocenters. The highest BCUT2D eigenvalue weighted by Gasteiger charge is 2.45. The second kappa shape index (κ2) is 8.65. The molecule has 2 amide bonds. The molecule has 0 bridgehead atoms. The van der Waals surface area contributed by atoms with Crippen LogP contribution in [0.25, 0.3) is 11.3 Å². The lowest BCUT2D eigenvalue weighted by Gasteiger charge is -2.34. The summed E-state index contributed by atoms with van der Waals surface area (Å²) in [4.78, 5) is 27.5. The molecule has 8 nitrogen and oxygen atoms in total. The van der Waals surface area contributed by atoms with Gasteiger partial charge in [0.2, 0.25) is 11.8 Å². The van der Waals surface area contributed by atoms with Gasteiger partial charge in [-0.05, 0) is 35.8 Å². The van der Waals surface area contributed by atoms with Crippen molar-refractivity contribution in [2.45, 2.75) is 70.6 Å². The molecule has 2 N–H and O–H groups in total. The van der Waals surface area contributed by atoms with Gasteiger partial charge in [0.1, 0.15) is 17.8 Å². The topological polar surface area (TPSA) is 100 Å². The molecule has 2 unspecified atom stereocenters. The Balaban J connectivity index is 1.63. The molecule has 1 aromatic heterocycles. The molecule has 32 heavy (non-hydrogen) atoms. The average Bonchev–Trinajstić information content (AvgIpc) is 3.32. The molecule has 172 valence electrons. The van der Waals surface area contributed by atoms with E-state index in [2.05, 4.69) is 27.8 Å². The largest absolute Gasteiger partial charge is 0.391 e. The van der Waals surface area contributed by atoms with E-state index in [1.54, 1.807) is 11.7 Å². The third kappa shape index (κ3) is 4.28. The maximum absolute atomic E-state index is 13.7. The molecular formula is C24H33N5O3. The van der Waals surface area contributed by atoms with E-state index in [4.69, 9.17) is 0 Å². The van der Waals surface area contributed by atoms with Gasteiger partial charge < -0.3 is 15.3 Å². The number of nitrogens with one attached hydrogen (secondary N) is 1. The fourth-order valence-electron chi connectivity index (χ4n) is 4.74. The third-order valence-electron chi connectivity index (χ3n) is 6.70. The fourth-order valence-corrected chi connectivity index (χ4v) is 4.74. The van der Waals surface area contributed by atoms with Crippen LogP contribution in [0.1, 0.15) is 64.0 Å². The van der Waals surface area contributed by atoms with Gasteiger partial charge in [0.05, 0.1) is 12.3 Å². The van der Waals surface area contributed by atoms with E-state index >= 15 is 0 Å². The van der Waals surface area contributed by atoms with E-state index in [9.17, 15) is 14.7 Å². The predicted octanol–water partition coefficient (Wildman–Crippen LogP) is 2.51. The van der Waals surface area contributed by atoms with Crippen LogP contribution in [0.15, 0.2) is 30.5 Å². The molecule has 1 aliphatic carbocycles. The second-order valence-electron chi connectivity index (χ2n) is 10.1. The van der Waals surface area contributed by atoms with Gasteiger partial charge >= 0.3 is 0 Å². The molecule has 8 heteroatoms. The van der Waals surface area contributed by atoms with E-state index in [0.717, 1.165) is 11.3 Å². The second-order valence-corrected chi connectivity index (χ2v) is 10.1.